The molecule has 1 saturated heterocycles. The molecule has 1 heterocycles. The Labute approximate surface area is 105 Å². The van der Waals surface area contributed by atoms with Gasteiger partial charge in [-0.15, -0.1) is 0 Å². The maximum Gasteiger partial charge on any atom is 0.230 e. The van der Waals surface area contributed by atoms with Gasteiger partial charge in [-0.25, -0.2) is 0 Å². The van der Waals surface area contributed by atoms with Crippen molar-refractivity contribution in [3.05, 3.63) is 0 Å². The van der Waals surface area contributed by atoms with E-state index >= 15 is 0 Å². The van der Waals surface area contributed by atoms with Gasteiger partial charge in [0.15, 0.2) is 0 Å². The first-order valence-corrected chi connectivity index (χ1v) is 7.01. The van der Waals surface area contributed by atoms with Gasteiger partial charge < -0.3 is 10.6 Å². The first-order valence-electron chi connectivity index (χ1n) is 7.01. The summed E-state index contributed by atoms with van der Waals surface area (Å²) in [6.07, 6.45) is 4.39. The number of hydrogen-bond donors (Lipinski definition) is 1. The zero-order valence-corrected chi connectivity index (χ0v) is 11.4. The number of likely N-dealkylation sites (tertiary alicyclic amines) is 1. The molecule has 1 aliphatic heterocycles. The zero-order valence-electron chi connectivity index (χ0n) is 11.4. The topological polar surface area (TPSA) is 46.3 Å². The third-order valence-corrected chi connectivity index (χ3v) is 5.01. The van der Waals surface area contributed by atoms with Crippen molar-refractivity contribution in [3.8, 4) is 0 Å². The molecule has 3 nitrogen and oxygen atoms in total. The summed E-state index contributed by atoms with van der Waals surface area (Å²) in [5, 5.41) is 0. The van der Waals surface area contributed by atoms with Crippen molar-refractivity contribution < 1.29 is 4.79 Å². The van der Waals surface area contributed by atoms with Crippen LogP contribution in [0.4, 0.5) is 0 Å². The van der Waals surface area contributed by atoms with Gasteiger partial charge in [0.05, 0.1) is 5.41 Å². The van der Waals surface area contributed by atoms with Gasteiger partial charge in [-0.05, 0) is 38.0 Å². The molecular weight excluding hydrogens is 212 g/mol. The Hall–Kier alpha value is -0.570. The first kappa shape index (κ1) is 12.9. The minimum atomic E-state index is -0.203. The monoisotopic (exact) mass is 238 g/mol. The lowest BCUT2D eigenvalue weighted by Gasteiger charge is -2.48. The number of nitrogens with two attached hydrogens (primary N) is 1. The predicted octanol–water partition coefficient (Wildman–Crippen LogP) is 2.01. The molecule has 0 radical (unpaired) electrons. The molecule has 1 amide bonds. The van der Waals surface area contributed by atoms with Crippen LogP contribution in [0.1, 0.15) is 46.5 Å². The Bertz CT molecular complexity index is 293. The number of hydrogen-bond acceptors (Lipinski definition) is 2. The van der Waals surface area contributed by atoms with Crippen LogP contribution in [0.2, 0.25) is 0 Å². The zero-order chi connectivity index (χ0) is 12.6. The van der Waals surface area contributed by atoms with Crippen molar-refractivity contribution in [2.75, 3.05) is 13.1 Å². The molecule has 1 saturated carbocycles. The van der Waals surface area contributed by atoms with Crippen LogP contribution in [0.3, 0.4) is 0 Å². The number of carbonyl (C=O) groups is 1. The summed E-state index contributed by atoms with van der Waals surface area (Å²) in [5.41, 5.74) is 5.64. The van der Waals surface area contributed by atoms with Crippen molar-refractivity contribution in [1.29, 1.82) is 0 Å². The number of piperidine rings is 1. The summed E-state index contributed by atoms with van der Waals surface area (Å²) >= 11 is 0. The van der Waals surface area contributed by atoms with E-state index in [1.165, 1.54) is 6.42 Å². The normalized spacial score (nSPS) is 36.5. The number of amides is 1. The highest BCUT2D eigenvalue weighted by atomic mass is 16.2. The van der Waals surface area contributed by atoms with Crippen molar-refractivity contribution in [1.82, 2.24) is 4.90 Å². The van der Waals surface area contributed by atoms with Gasteiger partial charge in [0, 0.05) is 19.1 Å². The maximum absolute atomic E-state index is 12.7. The summed E-state index contributed by atoms with van der Waals surface area (Å²) in [6.45, 7) is 8.15. The average Bonchev–Trinajstić information content (AvgIpc) is 2.22. The van der Waals surface area contributed by atoms with Gasteiger partial charge in [-0.2, -0.15) is 0 Å². The van der Waals surface area contributed by atoms with E-state index in [9.17, 15) is 4.79 Å². The Balaban J connectivity index is 2.12. The summed E-state index contributed by atoms with van der Waals surface area (Å²) in [6, 6.07) is 0.378. The lowest BCUT2D eigenvalue weighted by Crippen LogP contribution is -2.58. The van der Waals surface area contributed by atoms with Gasteiger partial charge in [0.2, 0.25) is 5.91 Å². The quantitative estimate of drug-likeness (QED) is 0.800. The minimum Gasteiger partial charge on any atom is -0.339 e. The molecule has 0 bridgehead atoms. The lowest BCUT2D eigenvalue weighted by molar-refractivity contribution is -0.152. The van der Waals surface area contributed by atoms with Crippen LogP contribution >= 0.6 is 0 Å². The lowest BCUT2D eigenvalue weighted by atomic mass is 9.67. The molecular formula is C14H26N2O. The van der Waals surface area contributed by atoms with Crippen molar-refractivity contribution >= 4 is 5.91 Å². The molecule has 98 valence electrons. The fourth-order valence-corrected chi connectivity index (χ4v) is 3.40. The van der Waals surface area contributed by atoms with Gasteiger partial charge in [0.1, 0.15) is 0 Å². The van der Waals surface area contributed by atoms with E-state index in [0.717, 1.165) is 25.8 Å². The van der Waals surface area contributed by atoms with Crippen LogP contribution in [0, 0.1) is 17.3 Å². The molecule has 0 spiro atoms. The van der Waals surface area contributed by atoms with E-state index in [4.69, 9.17) is 5.73 Å². The minimum absolute atomic E-state index is 0.203. The van der Waals surface area contributed by atoms with E-state index in [2.05, 4.69) is 25.7 Å². The van der Waals surface area contributed by atoms with Gasteiger partial charge in [-0.1, -0.05) is 20.3 Å². The van der Waals surface area contributed by atoms with E-state index in [1.54, 1.807) is 0 Å². The van der Waals surface area contributed by atoms with Crippen molar-refractivity contribution in [3.63, 3.8) is 0 Å². The van der Waals surface area contributed by atoms with Crippen molar-refractivity contribution in [2.45, 2.75) is 52.5 Å². The van der Waals surface area contributed by atoms with Crippen LogP contribution in [0.5, 0.6) is 0 Å². The molecule has 1 aliphatic carbocycles. The highest BCUT2D eigenvalue weighted by molar-refractivity contribution is 5.84. The fraction of sp³-hybridized carbons (Fsp3) is 0.929. The van der Waals surface area contributed by atoms with Crippen LogP contribution in [-0.4, -0.2) is 29.9 Å². The Kier molecular flexibility index (Phi) is 3.48. The Morgan fingerprint density at radius 1 is 1.35 bits per heavy atom. The fourth-order valence-electron chi connectivity index (χ4n) is 3.40. The SMILES string of the molecule is CC1CC(C)C(C)N(C(=O)C2(CN)CCC2)C1. The second-order valence-corrected chi connectivity index (χ2v) is 6.35. The summed E-state index contributed by atoms with van der Waals surface area (Å²) in [4.78, 5) is 14.8. The summed E-state index contributed by atoms with van der Waals surface area (Å²) < 4.78 is 0. The van der Waals surface area contributed by atoms with Gasteiger partial charge in [0.25, 0.3) is 0 Å². The highest BCUT2D eigenvalue weighted by Gasteiger charge is 2.47. The third kappa shape index (κ3) is 2.10. The smallest absolute Gasteiger partial charge is 0.230 e. The van der Waals surface area contributed by atoms with Crippen LogP contribution in [0.15, 0.2) is 0 Å². The first-order chi connectivity index (χ1) is 8.00. The number of carbonyl (C=O) groups excluding carboxylic acids is 1. The molecule has 2 aliphatic rings. The van der Waals surface area contributed by atoms with Crippen molar-refractivity contribution in [2.24, 2.45) is 23.0 Å². The molecule has 3 atom stereocenters. The van der Waals surface area contributed by atoms with Crippen LogP contribution in [0.25, 0.3) is 0 Å². The predicted molar refractivity (Wildman–Crippen MR) is 69.5 cm³/mol. The van der Waals surface area contributed by atoms with Crippen LogP contribution in [-0.2, 0) is 4.79 Å². The van der Waals surface area contributed by atoms with Crippen LogP contribution < -0.4 is 5.73 Å². The molecule has 17 heavy (non-hydrogen) atoms. The summed E-state index contributed by atoms with van der Waals surface area (Å²) in [7, 11) is 0. The van der Waals surface area contributed by atoms with E-state index in [-0.39, 0.29) is 5.41 Å². The highest BCUT2D eigenvalue weighted by Crippen LogP contribution is 2.43. The molecule has 0 aromatic heterocycles. The number of rotatable bonds is 2. The third-order valence-electron chi connectivity index (χ3n) is 5.01. The number of nitrogens with zero attached hydrogens (tertiary/aromatic N) is 1. The van der Waals surface area contributed by atoms with E-state index < -0.39 is 0 Å². The van der Waals surface area contributed by atoms with E-state index in [0.29, 0.717) is 30.3 Å². The summed E-state index contributed by atoms with van der Waals surface area (Å²) in [5.74, 6) is 1.56. The average molecular weight is 238 g/mol. The maximum atomic E-state index is 12.7. The second kappa shape index (κ2) is 4.60. The second-order valence-electron chi connectivity index (χ2n) is 6.35. The van der Waals surface area contributed by atoms with Gasteiger partial charge >= 0.3 is 0 Å². The standard InChI is InChI=1S/C14H26N2O/c1-10-7-11(2)12(3)16(8-10)13(17)14(9-15)5-4-6-14/h10-12H,4-9,15H2,1-3H3. The Morgan fingerprint density at radius 2 is 2.00 bits per heavy atom. The largest absolute Gasteiger partial charge is 0.339 e. The van der Waals surface area contributed by atoms with Gasteiger partial charge in [-0.3, -0.25) is 4.79 Å². The molecule has 0 aromatic rings. The molecule has 3 heteroatoms. The van der Waals surface area contributed by atoms with E-state index in [1.807, 2.05) is 0 Å². The molecule has 2 rings (SSSR count). The Morgan fingerprint density at radius 3 is 2.47 bits per heavy atom. The molecule has 2 N–H and O–H groups in total. The molecule has 0 aromatic carbocycles. The molecule has 2 fully saturated rings. The molecule has 3 unspecified atom stereocenters.